The quantitative estimate of drug-likeness (QED) is 0.403. The van der Waals surface area contributed by atoms with Crippen molar-refractivity contribution in [1.82, 2.24) is 0 Å². The minimum atomic E-state index is -0.711. The van der Waals surface area contributed by atoms with E-state index in [0.29, 0.717) is 11.3 Å². The van der Waals surface area contributed by atoms with E-state index >= 15 is 0 Å². The molecule has 1 aliphatic rings. The maximum Gasteiger partial charge on any atom is 0.300 e. The molecule has 0 bridgehead atoms. The van der Waals surface area contributed by atoms with Gasteiger partial charge in [-0.3, -0.25) is 14.5 Å². The van der Waals surface area contributed by atoms with Crippen LogP contribution in [0, 0.1) is 0 Å². The van der Waals surface area contributed by atoms with E-state index in [4.69, 9.17) is 0 Å². The Bertz CT molecular complexity index is 1100. The number of Topliss-reactive ketones (excluding diaryl/α,β-unsaturated/α-hetero) is 1. The second-order valence-electron chi connectivity index (χ2n) is 7.36. The molecule has 5 heteroatoms. The van der Waals surface area contributed by atoms with Crippen molar-refractivity contribution in [2.45, 2.75) is 6.04 Å². The molecular formula is C25H22N2O3. The fourth-order valence-corrected chi connectivity index (χ4v) is 3.71. The summed E-state index contributed by atoms with van der Waals surface area (Å²) in [5.41, 5.74) is 2.93. The molecule has 0 aliphatic carbocycles. The maximum atomic E-state index is 13.1. The highest BCUT2D eigenvalue weighted by Crippen LogP contribution is 2.42. The molecule has 30 heavy (non-hydrogen) atoms. The molecule has 5 nitrogen and oxygen atoms in total. The van der Waals surface area contributed by atoms with Crippen molar-refractivity contribution in [3.05, 3.63) is 102 Å². The van der Waals surface area contributed by atoms with Crippen molar-refractivity contribution in [1.29, 1.82) is 0 Å². The van der Waals surface area contributed by atoms with Gasteiger partial charge in [0.2, 0.25) is 0 Å². The van der Waals surface area contributed by atoms with Crippen molar-refractivity contribution >= 4 is 28.8 Å². The van der Waals surface area contributed by atoms with Crippen LogP contribution in [0.15, 0.2) is 90.5 Å². The molecule has 0 saturated carbocycles. The molecule has 1 N–H and O–H groups in total. The molecule has 1 aliphatic heterocycles. The minimum Gasteiger partial charge on any atom is -0.507 e. The molecule has 1 heterocycles. The number of rotatable bonds is 4. The molecule has 4 rings (SSSR count). The number of aliphatic hydroxyl groups is 1. The standard InChI is InChI=1S/C25H22N2O3/c1-26(2)19-13-15-20(16-14-19)27-22(17-9-5-3-6-10-17)21(24(29)25(27)30)23(28)18-11-7-4-8-12-18/h3-16,22,28H,1-2H3/t22-/m0/s1. The summed E-state index contributed by atoms with van der Waals surface area (Å²) in [6.45, 7) is 0. The lowest BCUT2D eigenvalue weighted by molar-refractivity contribution is -0.132. The second kappa shape index (κ2) is 7.87. The third-order valence-electron chi connectivity index (χ3n) is 5.25. The number of anilines is 2. The van der Waals surface area contributed by atoms with E-state index in [-0.39, 0.29) is 11.3 Å². The summed E-state index contributed by atoms with van der Waals surface area (Å²) < 4.78 is 0. The van der Waals surface area contributed by atoms with Gasteiger partial charge in [0.05, 0.1) is 11.6 Å². The van der Waals surface area contributed by atoms with E-state index in [1.165, 1.54) is 4.90 Å². The Labute approximate surface area is 175 Å². The Hall–Kier alpha value is -3.86. The smallest absolute Gasteiger partial charge is 0.300 e. The van der Waals surface area contributed by atoms with Crippen LogP contribution in [0.2, 0.25) is 0 Å². The SMILES string of the molecule is CN(C)c1ccc(N2C(=O)C(=O)C(=C(O)c3ccccc3)[C@@H]2c2ccccc2)cc1. The fourth-order valence-electron chi connectivity index (χ4n) is 3.71. The van der Waals surface area contributed by atoms with Crippen molar-refractivity contribution in [3.8, 4) is 0 Å². The van der Waals surface area contributed by atoms with E-state index in [1.807, 2.05) is 79.7 Å². The van der Waals surface area contributed by atoms with E-state index < -0.39 is 17.7 Å². The summed E-state index contributed by atoms with van der Waals surface area (Å²) in [5.74, 6) is -1.52. The van der Waals surface area contributed by atoms with Crippen LogP contribution in [0.3, 0.4) is 0 Å². The van der Waals surface area contributed by atoms with Gasteiger partial charge in [-0.05, 0) is 29.8 Å². The molecule has 1 atom stereocenters. The first-order valence-corrected chi connectivity index (χ1v) is 9.68. The van der Waals surface area contributed by atoms with E-state index in [1.54, 1.807) is 24.3 Å². The number of hydrogen-bond acceptors (Lipinski definition) is 4. The zero-order valence-electron chi connectivity index (χ0n) is 16.8. The summed E-state index contributed by atoms with van der Waals surface area (Å²) >= 11 is 0. The van der Waals surface area contributed by atoms with Gasteiger partial charge < -0.3 is 10.0 Å². The normalized spacial score (nSPS) is 17.9. The second-order valence-corrected chi connectivity index (χ2v) is 7.36. The zero-order chi connectivity index (χ0) is 21.3. The molecule has 3 aromatic carbocycles. The lowest BCUT2D eigenvalue weighted by Crippen LogP contribution is -2.29. The lowest BCUT2D eigenvalue weighted by atomic mass is 9.95. The molecule has 3 aromatic rings. The number of amides is 1. The van der Waals surface area contributed by atoms with Crippen LogP contribution in [0.1, 0.15) is 17.2 Å². The number of carbonyl (C=O) groups excluding carboxylic acids is 2. The van der Waals surface area contributed by atoms with Gasteiger partial charge in [0.15, 0.2) is 0 Å². The van der Waals surface area contributed by atoms with Crippen LogP contribution < -0.4 is 9.80 Å². The van der Waals surface area contributed by atoms with Gasteiger partial charge in [0.25, 0.3) is 11.7 Å². The predicted molar refractivity (Wildman–Crippen MR) is 118 cm³/mol. The average Bonchev–Trinajstić information content (AvgIpc) is 3.05. The Balaban J connectivity index is 1.90. The van der Waals surface area contributed by atoms with Gasteiger partial charge in [0, 0.05) is 31.0 Å². The van der Waals surface area contributed by atoms with Crippen molar-refractivity contribution in [2.75, 3.05) is 23.9 Å². The first-order chi connectivity index (χ1) is 14.5. The Morgan fingerprint density at radius 2 is 1.40 bits per heavy atom. The Morgan fingerprint density at radius 3 is 1.97 bits per heavy atom. The number of carbonyl (C=O) groups is 2. The fraction of sp³-hybridized carbons (Fsp3) is 0.120. The van der Waals surface area contributed by atoms with Crippen molar-refractivity contribution in [3.63, 3.8) is 0 Å². The summed E-state index contributed by atoms with van der Waals surface area (Å²) in [7, 11) is 3.87. The van der Waals surface area contributed by atoms with Gasteiger partial charge in [-0.25, -0.2) is 0 Å². The summed E-state index contributed by atoms with van der Waals surface area (Å²) in [5, 5.41) is 11.0. The third-order valence-corrected chi connectivity index (χ3v) is 5.25. The van der Waals surface area contributed by atoms with Gasteiger partial charge in [-0.2, -0.15) is 0 Å². The maximum absolute atomic E-state index is 13.1. The van der Waals surface area contributed by atoms with E-state index in [0.717, 1.165) is 11.3 Å². The number of benzene rings is 3. The molecular weight excluding hydrogens is 376 g/mol. The van der Waals surface area contributed by atoms with Gasteiger partial charge in [0.1, 0.15) is 5.76 Å². The van der Waals surface area contributed by atoms with E-state index in [2.05, 4.69) is 0 Å². The van der Waals surface area contributed by atoms with Gasteiger partial charge in [-0.15, -0.1) is 0 Å². The van der Waals surface area contributed by atoms with Crippen LogP contribution in [-0.2, 0) is 9.59 Å². The monoisotopic (exact) mass is 398 g/mol. The summed E-state index contributed by atoms with van der Waals surface area (Å²) in [6, 6.07) is 24.8. The third kappa shape index (κ3) is 3.35. The van der Waals surface area contributed by atoms with Crippen LogP contribution in [0.25, 0.3) is 5.76 Å². The topological polar surface area (TPSA) is 60.9 Å². The number of hydrogen-bond donors (Lipinski definition) is 1. The summed E-state index contributed by atoms with van der Waals surface area (Å²) in [4.78, 5) is 29.5. The average molecular weight is 398 g/mol. The van der Waals surface area contributed by atoms with Crippen LogP contribution in [0.5, 0.6) is 0 Å². The molecule has 0 unspecified atom stereocenters. The zero-order valence-corrected chi connectivity index (χ0v) is 16.8. The van der Waals surface area contributed by atoms with Crippen LogP contribution in [0.4, 0.5) is 11.4 Å². The largest absolute Gasteiger partial charge is 0.507 e. The molecule has 1 saturated heterocycles. The minimum absolute atomic E-state index is 0.0917. The first-order valence-electron chi connectivity index (χ1n) is 9.68. The number of aliphatic hydroxyl groups excluding tert-OH is 1. The molecule has 0 aromatic heterocycles. The Morgan fingerprint density at radius 1 is 0.833 bits per heavy atom. The predicted octanol–water partition coefficient (Wildman–Crippen LogP) is 4.38. The molecule has 150 valence electrons. The van der Waals surface area contributed by atoms with E-state index in [9.17, 15) is 14.7 Å². The molecule has 0 spiro atoms. The molecule has 1 fully saturated rings. The van der Waals surface area contributed by atoms with Crippen molar-refractivity contribution in [2.24, 2.45) is 0 Å². The van der Waals surface area contributed by atoms with Crippen molar-refractivity contribution < 1.29 is 14.7 Å². The van der Waals surface area contributed by atoms with Crippen LogP contribution >= 0.6 is 0 Å². The van der Waals surface area contributed by atoms with Gasteiger partial charge >= 0.3 is 0 Å². The molecule has 0 radical (unpaired) electrons. The molecule has 1 amide bonds. The highest BCUT2D eigenvalue weighted by Gasteiger charge is 2.46. The lowest BCUT2D eigenvalue weighted by Gasteiger charge is -2.26. The number of nitrogens with zero attached hydrogens (tertiary/aromatic N) is 2. The Kier molecular flexibility index (Phi) is 5.11. The number of ketones is 1. The van der Waals surface area contributed by atoms with Gasteiger partial charge in [-0.1, -0.05) is 60.7 Å². The highest BCUT2D eigenvalue weighted by molar-refractivity contribution is 6.51. The summed E-state index contributed by atoms with van der Waals surface area (Å²) in [6.07, 6.45) is 0. The first kappa shape index (κ1) is 19.5. The van der Waals surface area contributed by atoms with Crippen LogP contribution in [-0.4, -0.2) is 30.9 Å². The highest BCUT2D eigenvalue weighted by atomic mass is 16.3.